The minimum Gasteiger partial charge on any atom is -0.462 e. The summed E-state index contributed by atoms with van der Waals surface area (Å²) in [5, 5.41) is 11.0. The molecule has 1 fully saturated rings. The number of aliphatic hydroxyl groups is 1. The fourth-order valence-corrected chi connectivity index (χ4v) is 3.63. The number of ether oxygens (including phenoxy) is 1. The molecular weight excluding hydrogens is 316 g/mol. The van der Waals surface area contributed by atoms with Crippen LogP contribution in [0.2, 0.25) is 0 Å². The maximum absolute atomic E-state index is 12.6. The zero-order valence-electron chi connectivity index (χ0n) is 15.2. The number of nitrogens with zero attached hydrogens (tertiary/aromatic N) is 2. The van der Waals surface area contributed by atoms with Crippen LogP contribution in [0.25, 0.3) is 10.9 Å². The van der Waals surface area contributed by atoms with Gasteiger partial charge in [0.05, 0.1) is 18.2 Å². The highest BCUT2D eigenvalue weighted by molar-refractivity contribution is 6.02. The van der Waals surface area contributed by atoms with E-state index in [1.54, 1.807) is 0 Å². The number of para-hydroxylation sites is 1. The number of hydrogen-bond donors (Lipinski definition) is 1. The molecule has 0 bridgehead atoms. The van der Waals surface area contributed by atoms with Gasteiger partial charge in [-0.1, -0.05) is 18.2 Å². The number of carbonyl (C=O) groups excluding carboxylic acids is 1. The quantitative estimate of drug-likeness (QED) is 0.864. The van der Waals surface area contributed by atoms with Gasteiger partial charge in [0.25, 0.3) is 0 Å². The topological polar surface area (TPSA) is 62.7 Å². The molecule has 2 heterocycles. The summed E-state index contributed by atoms with van der Waals surface area (Å²) in [7, 11) is 0. The third-order valence-corrected chi connectivity index (χ3v) is 5.05. The molecule has 2 aromatic rings. The number of aromatic nitrogens is 1. The Morgan fingerprint density at radius 3 is 2.92 bits per heavy atom. The van der Waals surface area contributed by atoms with Gasteiger partial charge in [0.1, 0.15) is 11.4 Å². The summed E-state index contributed by atoms with van der Waals surface area (Å²) >= 11 is 0. The SMILES string of the molecule is CCOC(=O)c1c(N2CCCC(C(C)O)C2)nc2ccccc2c1C. The molecule has 1 saturated heterocycles. The molecule has 5 heteroatoms. The molecule has 0 spiro atoms. The summed E-state index contributed by atoms with van der Waals surface area (Å²) in [6.07, 6.45) is 1.61. The van der Waals surface area contributed by atoms with E-state index in [1.807, 2.05) is 45.0 Å². The van der Waals surface area contributed by atoms with Crippen molar-refractivity contribution in [3.05, 3.63) is 35.4 Å². The van der Waals surface area contributed by atoms with Gasteiger partial charge in [-0.05, 0) is 45.2 Å². The number of rotatable bonds is 4. The monoisotopic (exact) mass is 342 g/mol. The molecule has 2 unspecified atom stereocenters. The van der Waals surface area contributed by atoms with Crippen molar-refractivity contribution < 1.29 is 14.6 Å². The number of esters is 1. The van der Waals surface area contributed by atoms with Crippen molar-refractivity contribution >= 4 is 22.7 Å². The molecule has 1 aliphatic heterocycles. The van der Waals surface area contributed by atoms with Gasteiger partial charge in [-0.3, -0.25) is 0 Å². The summed E-state index contributed by atoms with van der Waals surface area (Å²) in [5.41, 5.74) is 2.33. The van der Waals surface area contributed by atoms with Gasteiger partial charge in [-0.25, -0.2) is 9.78 Å². The highest BCUT2D eigenvalue weighted by Crippen LogP contribution is 2.32. The van der Waals surface area contributed by atoms with E-state index in [4.69, 9.17) is 9.72 Å². The molecule has 5 nitrogen and oxygen atoms in total. The Morgan fingerprint density at radius 2 is 2.20 bits per heavy atom. The van der Waals surface area contributed by atoms with E-state index in [0.717, 1.165) is 35.9 Å². The standard InChI is InChI=1S/C20H26N2O3/c1-4-25-20(24)18-13(2)16-9-5-6-10-17(16)21-19(18)22-11-7-8-15(12-22)14(3)23/h5-6,9-10,14-15,23H,4,7-8,11-12H2,1-3H3. The van der Waals surface area contributed by atoms with Crippen LogP contribution >= 0.6 is 0 Å². The lowest BCUT2D eigenvalue weighted by atomic mass is 9.92. The van der Waals surface area contributed by atoms with E-state index >= 15 is 0 Å². The Balaban J connectivity index is 2.11. The first kappa shape index (κ1) is 17.7. The first-order chi connectivity index (χ1) is 12.0. The predicted molar refractivity (Wildman–Crippen MR) is 99.1 cm³/mol. The molecule has 25 heavy (non-hydrogen) atoms. The highest BCUT2D eigenvalue weighted by Gasteiger charge is 2.29. The van der Waals surface area contributed by atoms with E-state index in [9.17, 15) is 9.90 Å². The van der Waals surface area contributed by atoms with Crippen molar-refractivity contribution in [1.82, 2.24) is 4.98 Å². The van der Waals surface area contributed by atoms with Crippen molar-refractivity contribution in [1.29, 1.82) is 0 Å². The lowest BCUT2D eigenvalue weighted by molar-refractivity contribution is 0.0526. The molecule has 0 radical (unpaired) electrons. The minimum atomic E-state index is -0.365. The summed E-state index contributed by atoms with van der Waals surface area (Å²) in [6, 6.07) is 7.86. The first-order valence-corrected chi connectivity index (χ1v) is 9.02. The second-order valence-corrected chi connectivity index (χ2v) is 6.76. The average Bonchev–Trinajstić information content (AvgIpc) is 2.62. The molecular formula is C20H26N2O3. The molecule has 2 atom stereocenters. The second-order valence-electron chi connectivity index (χ2n) is 6.76. The zero-order chi connectivity index (χ0) is 18.0. The Morgan fingerprint density at radius 1 is 1.44 bits per heavy atom. The Labute approximate surface area is 148 Å². The van der Waals surface area contributed by atoms with E-state index in [0.29, 0.717) is 24.5 Å². The Kier molecular flexibility index (Phi) is 5.23. The first-order valence-electron chi connectivity index (χ1n) is 9.02. The number of piperidine rings is 1. The van der Waals surface area contributed by atoms with Gasteiger partial charge in [0, 0.05) is 24.4 Å². The van der Waals surface area contributed by atoms with Crippen molar-refractivity contribution in [3.63, 3.8) is 0 Å². The third-order valence-electron chi connectivity index (χ3n) is 5.05. The average molecular weight is 342 g/mol. The second kappa shape index (κ2) is 7.40. The number of hydrogen-bond acceptors (Lipinski definition) is 5. The molecule has 134 valence electrons. The normalized spacial score (nSPS) is 19.0. The molecule has 1 aromatic heterocycles. The number of fused-ring (bicyclic) bond motifs is 1. The van der Waals surface area contributed by atoms with E-state index in [1.165, 1.54) is 0 Å². The summed E-state index contributed by atoms with van der Waals surface area (Å²) in [6.45, 7) is 7.47. The number of benzene rings is 1. The largest absolute Gasteiger partial charge is 0.462 e. The smallest absolute Gasteiger partial charge is 0.342 e. The molecule has 1 aromatic carbocycles. The number of aryl methyl sites for hydroxylation is 1. The molecule has 0 amide bonds. The highest BCUT2D eigenvalue weighted by atomic mass is 16.5. The van der Waals surface area contributed by atoms with Crippen molar-refractivity contribution in [3.8, 4) is 0 Å². The fraction of sp³-hybridized carbons (Fsp3) is 0.500. The Bertz CT molecular complexity index is 773. The van der Waals surface area contributed by atoms with Crippen LogP contribution in [0.1, 0.15) is 42.6 Å². The van der Waals surface area contributed by atoms with Crippen LogP contribution in [-0.2, 0) is 4.74 Å². The van der Waals surface area contributed by atoms with Crippen molar-refractivity contribution in [2.45, 2.75) is 39.7 Å². The van der Waals surface area contributed by atoms with Gasteiger partial charge < -0.3 is 14.7 Å². The van der Waals surface area contributed by atoms with Crippen LogP contribution < -0.4 is 4.90 Å². The van der Waals surface area contributed by atoms with Crippen LogP contribution in [0.3, 0.4) is 0 Å². The van der Waals surface area contributed by atoms with Gasteiger partial charge >= 0.3 is 5.97 Å². The number of aliphatic hydroxyl groups excluding tert-OH is 1. The van der Waals surface area contributed by atoms with E-state index in [2.05, 4.69) is 4.90 Å². The molecule has 3 rings (SSSR count). The van der Waals surface area contributed by atoms with E-state index < -0.39 is 0 Å². The predicted octanol–water partition coefficient (Wildman–Crippen LogP) is 3.32. The lowest BCUT2D eigenvalue weighted by Gasteiger charge is -2.36. The molecule has 1 aliphatic rings. The number of pyridine rings is 1. The van der Waals surface area contributed by atoms with Crippen LogP contribution in [0.5, 0.6) is 0 Å². The summed E-state index contributed by atoms with van der Waals surface area (Å²) < 4.78 is 5.31. The fourth-order valence-electron chi connectivity index (χ4n) is 3.63. The maximum Gasteiger partial charge on any atom is 0.342 e. The molecule has 1 N–H and O–H groups in total. The van der Waals surface area contributed by atoms with Crippen LogP contribution in [0, 0.1) is 12.8 Å². The Hall–Kier alpha value is -2.14. The number of anilines is 1. The van der Waals surface area contributed by atoms with Gasteiger partial charge in [-0.2, -0.15) is 0 Å². The van der Waals surface area contributed by atoms with Crippen LogP contribution in [-0.4, -0.2) is 41.9 Å². The summed E-state index contributed by atoms with van der Waals surface area (Å²) in [5.74, 6) is 0.546. The van der Waals surface area contributed by atoms with Gasteiger partial charge in [0.15, 0.2) is 0 Å². The third kappa shape index (κ3) is 3.47. The lowest BCUT2D eigenvalue weighted by Crippen LogP contribution is -2.40. The van der Waals surface area contributed by atoms with Crippen LogP contribution in [0.4, 0.5) is 5.82 Å². The van der Waals surface area contributed by atoms with Gasteiger partial charge in [0.2, 0.25) is 0 Å². The van der Waals surface area contributed by atoms with E-state index in [-0.39, 0.29) is 18.0 Å². The summed E-state index contributed by atoms with van der Waals surface area (Å²) in [4.78, 5) is 19.6. The zero-order valence-corrected chi connectivity index (χ0v) is 15.2. The van der Waals surface area contributed by atoms with Crippen molar-refractivity contribution in [2.75, 3.05) is 24.6 Å². The van der Waals surface area contributed by atoms with Crippen molar-refractivity contribution in [2.24, 2.45) is 5.92 Å². The maximum atomic E-state index is 12.6. The minimum absolute atomic E-state index is 0.192. The molecule has 0 aliphatic carbocycles. The molecule has 0 saturated carbocycles. The number of carbonyl (C=O) groups is 1. The van der Waals surface area contributed by atoms with Gasteiger partial charge in [-0.15, -0.1) is 0 Å². The van der Waals surface area contributed by atoms with Crippen LogP contribution in [0.15, 0.2) is 24.3 Å².